The first kappa shape index (κ1) is 12.1. The van der Waals surface area contributed by atoms with Crippen LogP contribution in [0.5, 0.6) is 0 Å². The maximum absolute atomic E-state index is 13.8. The number of hydrogen-bond acceptors (Lipinski definition) is 2. The number of benzene rings is 1. The SMILES string of the molecule is CC1(C)CNc2cc(-c3c(F)cccc3F)cnc21. The number of halogens is 2. The number of fused-ring (bicyclic) bond motifs is 1. The average Bonchev–Trinajstić information content (AvgIpc) is 2.65. The summed E-state index contributed by atoms with van der Waals surface area (Å²) in [5, 5.41) is 3.23. The number of rotatable bonds is 1. The molecule has 0 unspecified atom stereocenters. The minimum absolute atomic E-state index is 0.0238. The molecule has 0 radical (unpaired) electrons. The Hall–Kier alpha value is -1.97. The van der Waals surface area contributed by atoms with Crippen LogP contribution in [0.3, 0.4) is 0 Å². The van der Waals surface area contributed by atoms with Crippen LogP contribution in [0.15, 0.2) is 30.5 Å². The van der Waals surface area contributed by atoms with Gasteiger partial charge < -0.3 is 5.32 Å². The van der Waals surface area contributed by atoms with E-state index in [-0.39, 0.29) is 11.0 Å². The summed E-state index contributed by atoms with van der Waals surface area (Å²) in [5.41, 5.74) is 2.17. The Kier molecular flexibility index (Phi) is 2.55. The third-order valence-electron chi connectivity index (χ3n) is 3.50. The second-order valence-electron chi connectivity index (χ2n) is 5.45. The molecule has 3 rings (SSSR count). The van der Waals surface area contributed by atoms with Gasteiger partial charge in [-0.2, -0.15) is 0 Å². The van der Waals surface area contributed by atoms with Crippen LogP contribution >= 0.6 is 0 Å². The van der Waals surface area contributed by atoms with Gasteiger partial charge in [-0.05, 0) is 18.2 Å². The maximum Gasteiger partial charge on any atom is 0.134 e. The van der Waals surface area contributed by atoms with Crippen LogP contribution < -0.4 is 5.32 Å². The molecule has 0 saturated carbocycles. The summed E-state index contributed by atoms with van der Waals surface area (Å²) in [6.45, 7) is 4.95. The van der Waals surface area contributed by atoms with E-state index in [1.165, 1.54) is 24.4 Å². The van der Waals surface area contributed by atoms with Crippen LogP contribution in [0.25, 0.3) is 11.1 Å². The van der Waals surface area contributed by atoms with E-state index < -0.39 is 11.6 Å². The predicted molar refractivity (Wildman–Crippen MR) is 71.1 cm³/mol. The Bertz CT molecular complexity index is 630. The summed E-state index contributed by atoms with van der Waals surface area (Å²) in [6.07, 6.45) is 1.54. The van der Waals surface area contributed by atoms with Crippen molar-refractivity contribution in [2.45, 2.75) is 19.3 Å². The van der Waals surface area contributed by atoms with E-state index in [0.29, 0.717) is 5.56 Å². The van der Waals surface area contributed by atoms with E-state index in [2.05, 4.69) is 24.1 Å². The normalized spacial score (nSPS) is 16.0. The van der Waals surface area contributed by atoms with Crippen LogP contribution in [0, 0.1) is 11.6 Å². The molecule has 1 N–H and O–H groups in total. The van der Waals surface area contributed by atoms with E-state index in [9.17, 15) is 8.78 Å². The van der Waals surface area contributed by atoms with Gasteiger partial charge in [0.1, 0.15) is 11.6 Å². The molecule has 19 heavy (non-hydrogen) atoms. The Morgan fingerprint density at radius 3 is 2.58 bits per heavy atom. The van der Waals surface area contributed by atoms with Crippen molar-refractivity contribution in [3.63, 3.8) is 0 Å². The zero-order valence-electron chi connectivity index (χ0n) is 10.8. The number of pyridine rings is 1. The number of aromatic nitrogens is 1. The highest BCUT2D eigenvalue weighted by atomic mass is 19.1. The molecule has 0 fully saturated rings. The van der Waals surface area contributed by atoms with Gasteiger partial charge >= 0.3 is 0 Å². The molecule has 0 aliphatic carbocycles. The van der Waals surface area contributed by atoms with Gasteiger partial charge in [-0.1, -0.05) is 19.9 Å². The third kappa shape index (κ3) is 1.87. The average molecular weight is 260 g/mol. The van der Waals surface area contributed by atoms with Gasteiger partial charge in [0.15, 0.2) is 0 Å². The minimum Gasteiger partial charge on any atom is -0.383 e. The van der Waals surface area contributed by atoms with E-state index in [4.69, 9.17) is 0 Å². The second-order valence-corrected chi connectivity index (χ2v) is 5.45. The highest BCUT2D eigenvalue weighted by molar-refractivity contribution is 5.71. The molecule has 0 saturated heterocycles. The quantitative estimate of drug-likeness (QED) is 0.845. The number of anilines is 1. The van der Waals surface area contributed by atoms with E-state index in [1.807, 2.05) is 0 Å². The van der Waals surface area contributed by atoms with Gasteiger partial charge in [0.05, 0.1) is 16.9 Å². The van der Waals surface area contributed by atoms with E-state index >= 15 is 0 Å². The lowest BCUT2D eigenvalue weighted by Gasteiger charge is -2.15. The fourth-order valence-electron chi connectivity index (χ4n) is 2.45. The van der Waals surface area contributed by atoms with Crippen molar-refractivity contribution in [3.8, 4) is 11.1 Å². The zero-order chi connectivity index (χ0) is 13.6. The molecule has 1 aromatic heterocycles. The van der Waals surface area contributed by atoms with Crippen LogP contribution in [0.1, 0.15) is 19.5 Å². The molecular formula is C15H14F2N2. The Labute approximate surface area is 110 Å². The number of nitrogens with zero attached hydrogens (tertiary/aromatic N) is 1. The van der Waals surface area contributed by atoms with E-state index in [1.54, 1.807) is 6.07 Å². The van der Waals surface area contributed by atoms with Gasteiger partial charge in [-0.15, -0.1) is 0 Å². The Balaban J connectivity index is 2.14. The second kappa shape index (κ2) is 4.02. The minimum atomic E-state index is -0.570. The van der Waals surface area contributed by atoms with Gasteiger partial charge in [0.25, 0.3) is 0 Å². The summed E-state index contributed by atoms with van der Waals surface area (Å²) in [4.78, 5) is 4.37. The molecule has 1 aliphatic heterocycles. The van der Waals surface area contributed by atoms with Crippen LogP contribution in [-0.4, -0.2) is 11.5 Å². The molecule has 2 aromatic rings. The van der Waals surface area contributed by atoms with Crippen LogP contribution in [0.4, 0.5) is 14.5 Å². The molecule has 0 amide bonds. The molecule has 98 valence electrons. The number of hydrogen-bond donors (Lipinski definition) is 1. The van der Waals surface area contributed by atoms with Gasteiger partial charge in [0, 0.05) is 23.7 Å². The van der Waals surface area contributed by atoms with Crippen LogP contribution in [-0.2, 0) is 5.41 Å². The zero-order valence-corrected chi connectivity index (χ0v) is 10.8. The lowest BCUT2D eigenvalue weighted by atomic mass is 9.91. The number of nitrogens with one attached hydrogen (secondary N) is 1. The fraction of sp³-hybridized carbons (Fsp3) is 0.267. The molecule has 2 heterocycles. The van der Waals surface area contributed by atoms with E-state index in [0.717, 1.165) is 17.9 Å². The molecule has 0 atom stereocenters. The smallest absolute Gasteiger partial charge is 0.134 e. The first-order valence-corrected chi connectivity index (χ1v) is 6.18. The molecule has 4 heteroatoms. The summed E-state index contributed by atoms with van der Waals surface area (Å²) in [7, 11) is 0. The van der Waals surface area contributed by atoms with Crippen molar-refractivity contribution in [2.75, 3.05) is 11.9 Å². The van der Waals surface area contributed by atoms with Crippen molar-refractivity contribution >= 4 is 5.69 Å². The summed E-state index contributed by atoms with van der Waals surface area (Å²) in [5.74, 6) is -1.14. The fourth-order valence-corrected chi connectivity index (χ4v) is 2.45. The predicted octanol–water partition coefficient (Wildman–Crippen LogP) is 3.73. The largest absolute Gasteiger partial charge is 0.383 e. The Morgan fingerprint density at radius 2 is 1.89 bits per heavy atom. The summed E-state index contributed by atoms with van der Waals surface area (Å²) >= 11 is 0. The maximum atomic E-state index is 13.8. The van der Waals surface area contributed by atoms with Gasteiger partial charge in [0.2, 0.25) is 0 Å². The van der Waals surface area contributed by atoms with Crippen LogP contribution in [0.2, 0.25) is 0 Å². The molecule has 2 nitrogen and oxygen atoms in total. The van der Waals surface area contributed by atoms with Gasteiger partial charge in [-0.25, -0.2) is 8.78 Å². The molecular weight excluding hydrogens is 246 g/mol. The highest BCUT2D eigenvalue weighted by Crippen LogP contribution is 2.37. The lowest BCUT2D eigenvalue weighted by Crippen LogP contribution is -2.19. The third-order valence-corrected chi connectivity index (χ3v) is 3.50. The molecule has 0 bridgehead atoms. The van der Waals surface area contributed by atoms with Crippen molar-refractivity contribution < 1.29 is 8.78 Å². The Morgan fingerprint density at radius 1 is 1.21 bits per heavy atom. The first-order chi connectivity index (χ1) is 8.99. The standard InChI is InChI=1S/C15H14F2N2/c1-15(2)8-19-12-6-9(7-18-14(12)15)13-10(16)4-3-5-11(13)17/h3-7,19H,8H2,1-2H3. The van der Waals surface area contributed by atoms with Crippen molar-refractivity contribution in [3.05, 3.63) is 47.8 Å². The van der Waals surface area contributed by atoms with Gasteiger partial charge in [-0.3, -0.25) is 4.98 Å². The summed E-state index contributed by atoms with van der Waals surface area (Å²) in [6, 6.07) is 5.63. The van der Waals surface area contributed by atoms with Crippen molar-refractivity contribution in [1.82, 2.24) is 4.98 Å². The topological polar surface area (TPSA) is 24.9 Å². The van der Waals surface area contributed by atoms with Crippen molar-refractivity contribution in [2.24, 2.45) is 0 Å². The summed E-state index contributed by atoms with van der Waals surface area (Å²) < 4.78 is 27.5. The highest BCUT2D eigenvalue weighted by Gasteiger charge is 2.31. The monoisotopic (exact) mass is 260 g/mol. The lowest BCUT2D eigenvalue weighted by molar-refractivity contribution is 0.568. The molecule has 0 spiro atoms. The molecule has 1 aromatic carbocycles. The molecule has 1 aliphatic rings. The first-order valence-electron chi connectivity index (χ1n) is 6.18. The van der Waals surface area contributed by atoms with Crippen molar-refractivity contribution in [1.29, 1.82) is 0 Å².